The second-order valence-electron chi connectivity index (χ2n) is 24.1. The van der Waals surface area contributed by atoms with Gasteiger partial charge in [-0.05, 0) is 156 Å². The molecule has 0 aromatic heterocycles. The fraction of sp³-hybridized carbons (Fsp3) is 0.154. The molecule has 0 fully saturated rings. The van der Waals surface area contributed by atoms with Crippen molar-refractivity contribution < 1.29 is 0 Å². The lowest BCUT2D eigenvalue weighted by Gasteiger charge is -2.05. The highest BCUT2D eigenvalue weighted by molar-refractivity contribution is 6.85. The van der Waals surface area contributed by atoms with E-state index in [1.807, 2.05) is 109 Å². The van der Waals surface area contributed by atoms with Crippen LogP contribution in [0.4, 0.5) is 0 Å². The highest BCUT2D eigenvalue weighted by Gasteiger charge is 2.11. The van der Waals surface area contributed by atoms with Crippen LogP contribution in [0.3, 0.4) is 0 Å². The van der Waals surface area contributed by atoms with Crippen molar-refractivity contribution in [1.82, 2.24) is 0 Å². The lowest BCUT2D eigenvalue weighted by atomic mass is 10.00. The minimum absolute atomic E-state index is 0.913. The lowest BCUT2D eigenvalue weighted by Crippen LogP contribution is -2.16. The minimum Gasteiger partial charge on any atom is -0.127 e. The third-order valence-corrected chi connectivity index (χ3v) is 15.2. The second kappa shape index (κ2) is 26.2. The van der Waals surface area contributed by atoms with Crippen molar-refractivity contribution in [2.45, 2.75) is 78.6 Å². The average Bonchev–Trinajstić information content (AvgIpc) is 3.66. The Morgan fingerprint density at radius 1 is 0.183 bits per heavy atom. The topological polar surface area (TPSA) is 0 Å². The maximum Gasteiger partial charge on any atom is 0.129 e. The van der Waals surface area contributed by atoms with Crippen molar-refractivity contribution in [3.8, 4) is 117 Å². The van der Waals surface area contributed by atoms with Gasteiger partial charge in [0.15, 0.2) is 0 Å². The van der Waals surface area contributed by atoms with Crippen LogP contribution >= 0.6 is 0 Å². The molecule has 0 N–H and O–H groups in total. The maximum absolute atomic E-state index is 3.49. The third kappa shape index (κ3) is 19.4. The molecule has 0 atom stereocenters. The van der Waals surface area contributed by atoms with Gasteiger partial charge in [-0.25, -0.2) is 0 Å². The van der Waals surface area contributed by atoms with Gasteiger partial charge in [0.05, 0.1) is 0 Å². The van der Waals surface area contributed by atoms with Gasteiger partial charge < -0.3 is 0 Å². The molecule has 0 saturated carbocycles. The molecule has 8 aromatic carbocycles. The predicted molar refractivity (Wildman–Crippen MR) is 359 cm³/mol. The van der Waals surface area contributed by atoms with Crippen molar-refractivity contribution in [2.24, 2.45) is 0 Å². The smallest absolute Gasteiger partial charge is 0.127 e. The Bertz CT molecular complexity index is 4030. The largest absolute Gasteiger partial charge is 0.129 e. The SMILES string of the molecule is C[Si](C)(C)C#Cc1cc(C#Cc2ccc(C#Cc3ccc(C#Cc4cccc5c(C#Cc6ccc(C#Cc7ccc(C#Cc8cc(C#C[Si](C)(C)C)cc(C#C[Si](C)(C)C)c8)cc7)cc6)cccc45)cc3)cc2)cc(C#C[Si](C)(C)C)c1. The molecule has 0 radical (unpaired) electrons. The summed E-state index contributed by atoms with van der Waals surface area (Å²) in [5.41, 5.74) is 28.9. The van der Waals surface area contributed by atoms with E-state index in [9.17, 15) is 0 Å². The lowest BCUT2D eigenvalue weighted by molar-refractivity contribution is 1.55. The number of rotatable bonds is 0. The average molecular weight is 1110 g/mol. The van der Waals surface area contributed by atoms with E-state index >= 15 is 0 Å². The molecule has 0 spiro atoms. The molecule has 392 valence electrons. The van der Waals surface area contributed by atoms with Gasteiger partial charge in [0, 0.05) is 89.0 Å². The molecule has 0 amide bonds. The number of benzene rings is 8. The van der Waals surface area contributed by atoms with Gasteiger partial charge in [0.2, 0.25) is 0 Å². The van der Waals surface area contributed by atoms with Gasteiger partial charge in [0.1, 0.15) is 32.3 Å². The normalized spacial score (nSPS) is 10.4. The highest BCUT2D eigenvalue weighted by atomic mass is 28.3. The van der Waals surface area contributed by atoms with Crippen LogP contribution in [-0.4, -0.2) is 32.3 Å². The van der Waals surface area contributed by atoms with Gasteiger partial charge in [0.25, 0.3) is 0 Å². The quantitative estimate of drug-likeness (QED) is 0.105. The Hall–Kier alpha value is -9.51. The standard InChI is InChI=1S/C78H64Si4/c1-79(2,3)51-47-71-55-69(56-72(59-71)48-52-80(4,5)6)41-39-65-27-23-61(24-28-65)19-21-63-31-35-67(36-32-63)43-45-75-15-13-18-78-76(16-14-17-77(75)78)46-44-68-37-33-64(34-38-68)22-20-62-25-29-66(30-26-62)40-42-70-57-73(49-53-81(7,8)9)60-74(58-70)50-54-82(10,11)12/h13-18,23-38,55-60H,1-12H3. The van der Waals surface area contributed by atoms with Crippen LogP contribution in [0.25, 0.3) is 10.8 Å². The summed E-state index contributed by atoms with van der Waals surface area (Å²) in [6.45, 7) is 27.0. The molecule has 8 aromatic rings. The Balaban J connectivity index is 0.886. The Morgan fingerprint density at radius 3 is 0.549 bits per heavy atom. The maximum atomic E-state index is 3.49. The van der Waals surface area contributed by atoms with Crippen molar-refractivity contribution in [3.63, 3.8) is 0 Å². The van der Waals surface area contributed by atoms with Crippen molar-refractivity contribution >= 4 is 43.1 Å². The molecule has 0 heterocycles. The summed E-state index contributed by atoms with van der Waals surface area (Å²) in [5, 5.41) is 2.12. The van der Waals surface area contributed by atoms with Crippen LogP contribution in [-0.2, 0) is 0 Å². The third-order valence-electron chi connectivity index (χ3n) is 11.7. The number of hydrogen-bond acceptors (Lipinski definition) is 0. The first-order valence-corrected chi connectivity index (χ1v) is 41.5. The molecule has 0 nitrogen and oxygen atoms in total. The van der Waals surface area contributed by atoms with E-state index in [0.717, 1.165) is 99.8 Å². The van der Waals surface area contributed by atoms with E-state index in [-0.39, 0.29) is 0 Å². The van der Waals surface area contributed by atoms with Gasteiger partial charge >= 0.3 is 0 Å². The zero-order valence-corrected chi connectivity index (χ0v) is 53.2. The molecule has 0 unspecified atom stereocenters. The molecule has 0 aliphatic carbocycles. The van der Waals surface area contributed by atoms with Crippen molar-refractivity contribution in [3.05, 3.63) is 259 Å². The van der Waals surface area contributed by atoms with E-state index in [1.165, 1.54) is 0 Å². The molecule has 8 rings (SSSR count). The Labute approximate surface area is 494 Å². The number of fused-ring (bicyclic) bond motifs is 1. The fourth-order valence-electron chi connectivity index (χ4n) is 7.66. The first kappa shape index (κ1) is 58.6. The minimum atomic E-state index is -1.53. The summed E-state index contributed by atoms with van der Waals surface area (Å²) < 4.78 is 0. The molecule has 0 aliphatic rings. The van der Waals surface area contributed by atoms with E-state index in [1.54, 1.807) is 0 Å². The Kier molecular flexibility index (Phi) is 18.7. The highest BCUT2D eigenvalue weighted by Crippen LogP contribution is 2.23. The van der Waals surface area contributed by atoms with Crippen LogP contribution in [0.1, 0.15) is 89.0 Å². The van der Waals surface area contributed by atoms with Crippen molar-refractivity contribution in [1.29, 1.82) is 0 Å². The van der Waals surface area contributed by atoms with E-state index < -0.39 is 32.3 Å². The van der Waals surface area contributed by atoms with Gasteiger partial charge in [-0.15, -0.1) is 22.2 Å². The van der Waals surface area contributed by atoms with Crippen LogP contribution in [0, 0.1) is 117 Å². The van der Waals surface area contributed by atoms with Crippen LogP contribution < -0.4 is 0 Å². The summed E-state index contributed by atoms with van der Waals surface area (Å²) >= 11 is 0. The first-order valence-electron chi connectivity index (χ1n) is 27.5. The zero-order valence-electron chi connectivity index (χ0n) is 49.2. The molecule has 0 saturated heterocycles. The Morgan fingerprint density at radius 2 is 0.354 bits per heavy atom. The molecular formula is C78H64Si4. The van der Waals surface area contributed by atoms with Gasteiger partial charge in [-0.3, -0.25) is 0 Å². The molecular weight excluding hydrogens is 1050 g/mol. The van der Waals surface area contributed by atoms with E-state index in [2.05, 4.69) is 256 Å². The molecule has 0 aliphatic heterocycles. The number of hydrogen-bond donors (Lipinski definition) is 0. The monoisotopic (exact) mass is 1110 g/mol. The van der Waals surface area contributed by atoms with Crippen LogP contribution in [0.2, 0.25) is 78.6 Å². The second-order valence-corrected chi connectivity index (χ2v) is 43.1. The van der Waals surface area contributed by atoms with Gasteiger partial charge in [-0.1, -0.05) is 198 Å². The summed E-state index contributed by atoms with van der Waals surface area (Å²) in [6, 6.07) is 57.1. The van der Waals surface area contributed by atoms with E-state index in [0.29, 0.717) is 0 Å². The van der Waals surface area contributed by atoms with Crippen LogP contribution in [0.5, 0.6) is 0 Å². The van der Waals surface area contributed by atoms with Crippen LogP contribution in [0.15, 0.2) is 170 Å². The van der Waals surface area contributed by atoms with Crippen molar-refractivity contribution in [2.75, 3.05) is 0 Å². The summed E-state index contributed by atoms with van der Waals surface area (Å²) in [6.07, 6.45) is 0. The predicted octanol–water partition coefficient (Wildman–Crippen LogP) is 16.2. The molecule has 82 heavy (non-hydrogen) atoms. The summed E-state index contributed by atoms with van der Waals surface area (Å²) in [4.78, 5) is 0. The van der Waals surface area contributed by atoms with Gasteiger partial charge in [-0.2, -0.15) is 0 Å². The molecule has 4 heteroatoms. The zero-order chi connectivity index (χ0) is 58.3. The molecule has 0 bridgehead atoms. The summed E-state index contributed by atoms with van der Waals surface area (Å²) in [7, 11) is -6.14. The summed E-state index contributed by atoms with van der Waals surface area (Å²) in [5.74, 6) is 53.8. The first-order chi connectivity index (χ1) is 39.0. The van der Waals surface area contributed by atoms with E-state index in [4.69, 9.17) is 0 Å². The fourth-order valence-corrected chi connectivity index (χ4v) is 9.74.